The highest BCUT2D eigenvalue weighted by Gasteiger charge is 2.32. The molecular weight excluding hydrogens is 294 g/mol. The summed E-state index contributed by atoms with van der Waals surface area (Å²) in [6.45, 7) is 12.5. The minimum atomic E-state index is -0.481. The summed E-state index contributed by atoms with van der Waals surface area (Å²) < 4.78 is 10.9. The molecule has 0 aliphatic carbocycles. The van der Waals surface area contributed by atoms with E-state index in [-0.39, 0.29) is 33.0 Å². The quantitative estimate of drug-likeness (QED) is 0.707. The molecule has 0 aromatic carbocycles. The third-order valence-electron chi connectivity index (χ3n) is 3.80. The van der Waals surface area contributed by atoms with Gasteiger partial charge in [-0.25, -0.2) is 4.79 Å². The van der Waals surface area contributed by atoms with Crippen LogP contribution in [-0.4, -0.2) is 41.8 Å². The van der Waals surface area contributed by atoms with Crippen molar-refractivity contribution in [2.24, 2.45) is 5.41 Å². The lowest BCUT2D eigenvalue weighted by Crippen LogP contribution is -2.44. The van der Waals surface area contributed by atoms with Gasteiger partial charge in [-0.15, -0.1) is 0 Å². The van der Waals surface area contributed by atoms with E-state index in [4.69, 9.17) is 9.47 Å². The number of ether oxygens (including phenoxy) is 2. The predicted octanol–water partition coefficient (Wildman–Crippen LogP) is 4.64. The standard InChI is InChI=1S/C16H29NO4.2CH4/c1-7-16(5,6)13(18)20-12-8-10-17(11-9-12)14(19)21-15(2,3)4;;/h12H,7-11H2,1-6H3;2*1H4. The van der Waals surface area contributed by atoms with E-state index in [0.29, 0.717) is 25.9 Å². The Kier molecular flexibility index (Phi) is 9.53. The Morgan fingerprint density at radius 2 is 1.52 bits per heavy atom. The van der Waals surface area contributed by atoms with E-state index in [1.54, 1.807) is 4.90 Å². The highest BCUT2D eigenvalue weighted by molar-refractivity contribution is 5.76. The van der Waals surface area contributed by atoms with Crippen LogP contribution in [0.5, 0.6) is 0 Å². The van der Waals surface area contributed by atoms with Gasteiger partial charge in [-0.05, 0) is 41.0 Å². The van der Waals surface area contributed by atoms with Crippen LogP contribution in [0.25, 0.3) is 0 Å². The molecule has 0 bridgehead atoms. The Bertz CT molecular complexity index is 377. The van der Waals surface area contributed by atoms with E-state index < -0.39 is 11.0 Å². The molecule has 1 fully saturated rings. The first-order valence-electron chi connectivity index (χ1n) is 7.74. The molecule has 0 unspecified atom stereocenters. The minimum absolute atomic E-state index is 0. The van der Waals surface area contributed by atoms with Gasteiger partial charge in [-0.2, -0.15) is 0 Å². The van der Waals surface area contributed by atoms with Gasteiger partial charge in [0.25, 0.3) is 0 Å². The zero-order chi connectivity index (χ0) is 16.3. The number of rotatable bonds is 3. The summed E-state index contributed by atoms with van der Waals surface area (Å²) in [5.41, 5.74) is -0.923. The van der Waals surface area contributed by atoms with Crippen molar-refractivity contribution in [1.29, 1.82) is 0 Å². The van der Waals surface area contributed by atoms with Crippen LogP contribution >= 0.6 is 0 Å². The van der Waals surface area contributed by atoms with Gasteiger partial charge in [0.1, 0.15) is 11.7 Å². The predicted molar refractivity (Wildman–Crippen MR) is 94.5 cm³/mol. The number of carbonyl (C=O) groups is 2. The van der Waals surface area contributed by atoms with Gasteiger partial charge in [-0.1, -0.05) is 21.8 Å². The Hall–Kier alpha value is -1.26. The average molecular weight is 331 g/mol. The normalized spacial score (nSPS) is 16.0. The van der Waals surface area contributed by atoms with Crippen LogP contribution in [0.1, 0.15) is 75.7 Å². The molecule has 5 heteroatoms. The van der Waals surface area contributed by atoms with Crippen molar-refractivity contribution in [2.45, 2.75) is 87.4 Å². The van der Waals surface area contributed by atoms with E-state index in [9.17, 15) is 9.59 Å². The molecule has 1 aliphatic rings. The first-order valence-corrected chi connectivity index (χ1v) is 7.74. The van der Waals surface area contributed by atoms with Crippen molar-refractivity contribution in [3.8, 4) is 0 Å². The summed E-state index contributed by atoms with van der Waals surface area (Å²) in [6, 6.07) is 0. The summed E-state index contributed by atoms with van der Waals surface area (Å²) in [4.78, 5) is 25.7. The first kappa shape index (κ1) is 24.0. The second-order valence-corrected chi connectivity index (χ2v) is 7.31. The van der Waals surface area contributed by atoms with Crippen LogP contribution in [-0.2, 0) is 14.3 Å². The lowest BCUT2D eigenvalue weighted by Gasteiger charge is -2.34. The molecule has 0 N–H and O–H groups in total. The maximum absolute atomic E-state index is 12.0. The van der Waals surface area contributed by atoms with Gasteiger partial charge in [0.15, 0.2) is 0 Å². The Balaban J connectivity index is 0. The van der Waals surface area contributed by atoms with E-state index in [2.05, 4.69) is 0 Å². The second kappa shape index (κ2) is 9.14. The Morgan fingerprint density at radius 3 is 1.91 bits per heavy atom. The molecule has 0 spiro atoms. The summed E-state index contributed by atoms with van der Waals surface area (Å²) in [6.07, 6.45) is 1.71. The number of esters is 1. The van der Waals surface area contributed by atoms with E-state index in [0.717, 1.165) is 6.42 Å². The molecule has 1 amide bonds. The number of piperidine rings is 1. The zero-order valence-corrected chi connectivity index (χ0v) is 14.2. The summed E-state index contributed by atoms with van der Waals surface area (Å²) in [7, 11) is 0. The van der Waals surface area contributed by atoms with Gasteiger partial charge in [-0.3, -0.25) is 4.79 Å². The Labute approximate surface area is 142 Å². The molecule has 0 aromatic rings. The monoisotopic (exact) mass is 331 g/mol. The molecule has 0 atom stereocenters. The maximum atomic E-state index is 12.0. The number of likely N-dealkylation sites (tertiary alicyclic amines) is 1. The minimum Gasteiger partial charge on any atom is -0.462 e. The highest BCUT2D eigenvalue weighted by atomic mass is 16.6. The fourth-order valence-corrected chi connectivity index (χ4v) is 1.94. The summed E-state index contributed by atoms with van der Waals surface area (Å²) in [5, 5.41) is 0. The number of nitrogens with zero attached hydrogens (tertiary/aromatic N) is 1. The third-order valence-corrected chi connectivity index (χ3v) is 3.80. The van der Waals surface area contributed by atoms with Crippen molar-refractivity contribution in [3.05, 3.63) is 0 Å². The molecule has 5 nitrogen and oxygen atoms in total. The van der Waals surface area contributed by atoms with E-state index in [1.807, 2.05) is 41.5 Å². The number of amides is 1. The van der Waals surface area contributed by atoms with Crippen LogP contribution in [0.4, 0.5) is 4.79 Å². The van der Waals surface area contributed by atoms with Crippen molar-refractivity contribution in [2.75, 3.05) is 13.1 Å². The highest BCUT2D eigenvalue weighted by Crippen LogP contribution is 2.25. The number of carbonyl (C=O) groups excluding carboxylic acids is 2. The molecule has 1 heterocycles. The van der Waals surface area contributed by atoms with Gasteiger partial charge < -0.3 is 14.4 Å². The van der Waals surface area contributed by atoms with Crippen molar-refractivity contribution in [3.63, 3.8) is 0 Å². The first-order chi connectivity index (χ1) is 9.55. The van der Waals surface area contributed by atoms with Gasteiger partial charge in [0.2, 0.25) is 0 Å². The van der Waals surface area contributed by atoms with Crippen LogP contribution < -0.4 is 0 Å². The number of hydrogen-bond donors (Lipinski definition) is 0. The third kappa shape index (κ3) is 7.71. The lowest BCUT2D eigenvalue weighted by molar-refractivity contribution is -0.161. The lowest BCUT2D eigenvalue weighted by atomic mass is 9.90. The van der Waals surface area contributed by atoms with E-state index in [1.165, 1.54) is 0 Å². The van der Waals surface area contributed by atoms with Gasteiger partial charge >= 0.3 is 12.1 Å². The molecule has 0 radical (unpaired) electrons. The van der Waals surface area contributed by atoms with Crippen LogP contribution in [0.2, 0.25) is 0 Å². The molecule has 23 heavy (non-hydrogen) atoms. The summed E-state index contributed by atoms with van der Waals surface area (Å²) in [5.74, 6) is -0.152. The van der Waals surface area contributed by atoms with Crippen molar-refractivity contribution >= 4 is 12.1 Å². The van der Waals surface area contributed by atoms with Crippen molar-refractivity contribution < 1.29 is 19.1 Å². The summed E-state index contributed by atoms with van der Waals surface area (Å²) >= 11 is 0. The van der Waals surface area contributed by atoms with Crippen molar-refractivity contribution in [1.82, 2.24) is 4.90 Å². The van der Waals surface area contributed by atoms with Gasteiger partial charge in [0, 0.05) is 25.9 Å². The molecule has 1 rings (SSSR count). The average Bonchev–Trinajstić information content (AvgIpc) is 2.37. The van der Waals surface area contributed by atoms with Crippen LogP contribution in [0, 0.1) is 5.41 Å². The van der Waals surface area contributed by atoms with Crippen LogP contribution in [0.3, 0.4) is 0 Å². The Morgan fingerprint density at radius 1 is 1.04 bits per heavy atom. The SMILES string of the molecule is C.C.CCC(C)(C)C(=O)OC1CCN(C(=O)OC(C)(C)C)CC1. The fourth-order valence-electron chi connectivity index (χ4n) is 1.94. The van der Waals surface area contributed by atoms with Crippen LogP contribution in [0.15, 0.2) is 0 Å². The topological polar surface area (TPSA) is 55.8 Å². The molecule has 0 saturated carbocycles. The zero-order valence-electron chi connectivity index (χ0n) is 14.2. The maximum Gasteiger partial charge on any atom is 0.410 e. The van der Waals surface area contributed by atoms with E-state index >= 15 is 0 Å². The molecule has 0 aromatic heterocycles. The fraction of sp³-hybridized carbons (Fsp3) is 0.889. The second-order valence-electron chi connectivity index (χ2n) is 7.31. The molecule has 138 valence electrons. The smallest absolute Gasteiger partial charge is 0.410 e. The largest absolute Gasteiger partial charge is 0.462 e. The molecule has 1 aliphatic heterocycles. The molecular formula is C18H37NO4. The van der Waals surface area contributed by atoms with Gasteiger partial charge in [0.05, 0.1) is 5.41 Å². The number of hydrogen-bond acceptors (Lipinski definition) is 4. The molecule has 1 saturated heterocycles.